The van der Waals surface area contributed by atoms with Crippen LogP contribution < -0.4 is 0 Å². The molecule has 7 nitrogen and oxygen atoms in total. The summed E-state index contributed by atoms with van der Waals surface area (Å²) in [5.74, 6) is 0. The van der Waals surface area contributed by atoms with Crippen LogP contribution in [0.5, 0.6) is 0 Å². The zero-order chi connectivity index (χ0) is 27.7. The van der Waals surface area contributed by atoms with Crippen molar-refractivity contribution < 1.29 is 32.5 Å². The highest BCUT2D eigenvalue weighted by Gasteiger charge is 2.27. The first kappa shape index (κ1) is 36.5. The number of nitrogens with zero attached hydrogens (tertiary/aromatic N) is 1. The van der Waals surface area contributed by atoms with Gasteiger partial charge in [-0.25, -0.2) is 4.57 Å². The second kappa shape index (κ2) is 24.5. The van der Waals surface area contributed by atoms with Crippen molar-refractivity contribution in [3.63, 3.8) is 0 Å². The van der Waals surface area contributed by atoms with Crippen molar-refractivity contribution in [2.24, 2.45) is 0 Å². The number of phosphoric acid groups is 1. The van der Waals surface area contributed by atoms with E-state index in [-0.39, 0.29) is 19.8 Å². The number of hydrogen-bond donors (Lipinski definition) is 1. The largest absolute Gasteiger partial charge is 0.472 e. The van der Waals surface area contributed by atoms with E-state index in [1.54, 1.807) is 0 Å². The summed E-state index contributed by atoms with van der Waals surface area (Å²) in [7, 11) is 3.36. The Hall–Kier alpha value is -0.530. The van der Waals surface area contributed by atoms with Crippen molar-refractivity contribution >= 4 is 7.82 Å². The van der Waals surface area contributed by atoms with Gasteiger partial charge in [-0.1, -0.05) is 69.8 Å². The molecule has 220 valence electrons. The van der Waals surface area contributed by atoms with Crippen LogP contribution in [0.1, 0.15) is 96.8 Å². The number of ether oxygens (including phenoxy) is 2. The highest BCUT2D eigenvalue weighted by atomic mass is 31.2. The molecule has 0 spiro atoms. The van der Waals surface area contributed by atoms with Gasteiger partial charge in [0.05, 0.1) is 34.4 Å². The molecule has 2 atom stereocenters. The molecular weight excluding hydrogens is 489 g/mol. The molecule has 0 aromatic carbocycles. The average Bonchev–Trinajstić information content (AvgIpc) is 2.81. The molecule has 0 aliphatic rings. The molecule has 1 unspecified atom stereocenters. The second-order valence-electron chi connectivity index (χ2n) is 10.9. The van der Waals surface area contributed by atoms with E-state index < -0.39 is 13.9 Å². The second-order valence-corrected chi connectivity index (χ2v) is 12.3. The van der Waals surface area contributed by atoms with E-state index in [1.807, 2.05) is 21.1 Å². The summed E-state index contributed by atoms with van der Waals surface area (Å²) < 4.78 is 33.9. The lowest BCUT2D eigenvalue weighted by atomic mass is 10.1. The SMILES string of the molecule is CCCC/C=C\CCCC/C=C\CCCCCCCCOC[C@H](COC)OP(=O)(O)OCC[N+](C)(C)C. The number of phosphoric ester groups is 1. The molecule has 8 heteroatoms. The zero-order valence-corrected chi connectivity index (χ0v) is 25.6. The fourth-order valence-corrected chi connectivity index (χ4v) is 4.52. The molecular formula is C29H59NO6P+. The van der Waals surface area contributed by atoms with Crippen molar-refractivity contribution in [1.29, 1.82) is 0 Å². The Bertz CT molecular complexity index is 606. The maximum Gasteiger partial charge on any atom is 0.472 e. The van der Waals surface area contributed by atoms with Gasteiger partial charge in [-0.05, 0) is 51.4 Å². The molecule has 0 radical (unpaired) electrons. The smallest absolute Gasteiger partial charge is 0.382 e. The van der Waals surface area contributed by atoms with E-state index in [0.717, 1.165) is 12.8 Å². The van der Waals surface area contributed by atoms with Gasteiger partial charge in [0, 0.05) is 13.7 Å². The molecule has 0 aliphatic carbocycles. The fraction of sp³-hybridized carbons (Fsp3) is 0.862. The fourth-order valence-electron chi connectivity index (χ4n) is 3.65. The van der Waals surface area contributed by atoms with Gasteiger partial charge in [0.25, 0.3) is 0 Å². The van der Waals surface area contributed by atoms with E-state index in [4.69, 9.17) is 18.5 Å². The van der Waals surface area contributed by atoms with Gasteiger partial charge in [-0.2, -0.15) is 0 Å². The molecule has 0 aromatic heterocycles. The Labute approximate surface area is 228 Å². The number of rotatable bonds is 27. The lowest BCUT2D eigenvalue weighted by Gasteiger charge is -2.25. The van der Waals surface area contributed by atoms with E-state index >= 15 is 0 Å². The third-order valence-corrected chi connectivity index (χ3v) is 6.99. The van der Waals surface area contributed by atoms with Crippen molar-refractivity contribution in [3.05, 3.63) is 24.3 Å². The minimum absolute atomic E-state index is 0.144. The topological polar surface area (TPSA) is 74.2 Å². The summed E-state index contributed by atoms with van der Waals surface area (Å²) in [6, 6.07) is 0. The van der Waals surface area contributed by atoms with Crippen molar-refractivity contribution in [2.45, 2.75) is 103 Å². The van der Waals surface area contributed by atoms with Crippen LogP contribution >= 0.6 is 7.82 Å². The number of quaternary nitrogens is 1. The van der Waals surface area contributed by atoms with Crippen LogP contribution in [-0.4, -0.2) is 76.7 Å². The molecule has 0 aliphatic heterocycles. The van der Waals surface area contributed by atoms with Gasteiger partial charge in [0.2, 0.25) is 0 Å². The van der Waals surface area contributed by atoms with Crippen LogP contribution in [0.15, 0.2) is 24.3 Å². The predicted molar refractivity (Wildman–Crippen MR) is 155 cm³/mol. The summed E-state index contributed by atoms with van der Waals surface area (Å²) in [4.78, 5) is 9.96. The maximum atomic E-state index is 12.2. The maximum absolute atomic E-state index is 12.2. The van der Waals surface area contributed by atoms with Crippen LogP contribution in [0, 0.1) is 0 Å². The minimum Gasteiger partial charge on any atom is -0.382 e. The molecule has 0 rings (SSSR count). The molecule has 37 heavy (non-hydrogen) atoms. The quantitative estimate of drug-likeness (QED) is 0.0497. The molecule has 0 saturated heterocycles. The Morgan fingerprint density at radius 2 is 1.27 bits per heavy atom. The molecule has 0 fully saturated rings. The van der Waals surface area contributed by atoms with Gasteiger partial charge in [0.15, 0.2) is 0 Å². The number of likely N-dealkylation sites (N-methyl/N-ethyl adjacent to an activating group) is 1. The van der Waals surface area contributed by atoms with Gasteiger partial charge < -0.3 is 18.9 Å². The van der Waals surface area contributed by atoms with Crippen molar-refractivity contribution in [1.82, 2.24) is 0 Å². The number of methoxy groups -OCH3 is 1. The number of unbranched alkanes of at least 4 members (excludes halogenated alkanes) is 11. The van der Waals surface area contributed by atoms with E-state index in [0.29, 0.717) is 17.6 Å². The Kier molecular flexibility index (Phi) is 24.2. The molecule has 0 aromatic rings. The van der Waals surface area contributed by atoms with Gasteiger partial charge >= 0.3 is 7.82 Å². The standard InChI is InChI=1S/C29H58NO6P/c1-6-7-8-9-10-11-12-13-14-15-16-17-18-19-20-21-22-23-25-34-28-29(27-33-5)36-37(31,32)35-26-24-30(2,3)4/h9-10,15-16,29H,6-8,11-14,17-28H2,1-5H3/p+1/b10-9-,16-15-/t29-/m0/s1. The lowest BCUT2D eigenvalue weighted by Crippen LogP contribution is -2.37. The Morgan fingerprint density at radius 1 is 0.757 bits per heavy atom. The number of hydrogen-bond acceptors (Lipinski definition) is 5. The monoisotopic (exact) mass is 548 g/mol. The molecule has 0 heterocycles. The summed E-state index contributed by atoms with van der Waals surface area (Å²) in [5, 5.41) is 0. The third kappa shape index (κ3) is 28.3. The molecule has 0 saturated carbocycles. The highest BCUT2D eigenvalue weighted by Crippen LogP contribution is 2.44. The summed E-state index contributed by atoms with van der Waals surface area (Å²) >= 11 is 0. The van der Waals surface area contributed by atoms with Crippen molar-refractivity contribution in [2.75, 3.05) is 61.2 Å². The Morgan fingerprint density at radius 3 is 1.81 bits per heavy atom. The minimum atomic E-state index is -4.14. The molecule has 1 N–H and O–H groups in total. The summed E-state index contributed by atoms with van der Waals surface area (Å²) in [6.45, 7) is 3.98. The van der Waals surface area contributed by atoms with Crippen LogP contribution in [0.25, 0.3) is 0 Å². The first-order valence-corrected chi connectivity index (χ1v) is 16.0. The zero-order valence-electron chi connectivity index (χ0n) is 24.7. The summed E-state index contributed by atoms with van der Waals surface area (Å²) in [6.07, 6.45) is 25.9. The molecule has 0 bridgehead atoms. The first-order chi connectivity index (χ1) is 17.7. The van der Waals surface area contributed by atoms with Gasteiger partial charge in [-0.3, -0.25) is 9.05 Å². The van der Waals surface area contributed by atoms with Crippen molar-refractivity contribution in [3.8, 4) is 0 Å². The predicted octanol–water partition coefficient (Wildman–Crippen LogP) is 7.45. The van der Waals surface area contributed by atoms with Crippen LogP contribution in [-0.2, 0) is 23.1 Å². The highest BCUT2D eigenvalue weighted by molar-refractivity contribution is 7.47. The third-order valence-electron chi connectivity index (χ3n) is 5.91. The van der Waals surface area contributed by atoms with Crippen LogP contribution in [0.3, 0.4) is 0 Å². The van der Waals surface area contributed by atoms with Gasteiger partial charge in [-0.15, -0.1) is 0 Å². The van der Waals surface area contributed by atoms with Crippen LogP contribution in [0.4, 0.5) is 0 Å². The van der Waals surface area contributed by atoms with Gasteiger partial charge in [0.1, 0.15) is 19.3 Å². The normalized spacial score (nSPS) is 15.1. The first-order valence-electron chi connectivity index (χ1n) is 14.5. The number of allylic oxidation sites excluding steroid dienone is 4. The van der Waals surface area contributed by atoms with Crippen LogP contribution in [0.2, 0.25) is 0 Å². The lowest BCUT2D eigenvalue weighted by molar-refractivity contribution is -0.870. The van der Waals surface area contributed by atoms with E-state index in [9.17, 15) is 9.46 Å². The molecule has 0 amide bonds. The Balaban J connectivity index is 3.65. The van der Waals surface area contributed by atoms with E-state index in [1.165, 1.54) is 84.2 Å². The average molecular weight is 549 g/mol. The van der Waals surface area contributed by atoms with E-state index in [2.05, 4.69) is 31.2 Å². The summed E-state index contributed by atoms with van der Waals surface area (Å²) in [5.41, 5.74) is 0.